The molecule has 2 aromatic carbocycles. The number of hydrogen-bond acceptors (Lipinski definition) is 5. The molecule has 1 N–H and O–H groups in total. The van der Waals surface area contributed by atoms with Gasteiger partial charge in [-0.15, -0.1) is 0 Å². The Kier molecular flexibility index (Phi) is 6.82. The first kappa shape index (κ1) is 21.5. The second-order valence-corrected chi connectivity index (χ2v) is 6.82. The van der Waals surface area contributed by atoms with Crippen molar-refractivity contribution in [2.24, 2.45) is 0 Å². The van der Waals surface area contributed by atoms with Gasteiger partial charge in [-0.1, -0.05) is 0 Å². The first-order valence-electron chi connectivity index (χ1n) is 10.3. The van der Waals surface area contributed by atoms with Crippen molar-refractivity contribution in [2.75, 3.05) is 36.6 Å². The van der Waals surface area contributed by atoms with Crippen LogP contribution in [0.5, 0.6) is 17.2 Å². The monoisotopic (exact) mass is 412 g/mol. The summed E-state index contributed by atoms with van der Waals surface area (Å²) in [6.07, 6.45) is 0.769. The Labute approximate surface area is 176 Å². The van der Waals surface area contributed by atoms with Gasteiger partial charge in [0.25, 0.3) is 5.91 Å². The molecule has 0 unspecified atom stereocenters. The maximum Gasteiger partial charge on any atom is 0.255 e. The fourth-order valence-electron chi connectivity index (χ4n) is 3.53. The Morgan fingerprint density at radius 2 is 1.60 bits per heavy atom. The van der Waals surface area contributed by atoms with Crippen LogP contribution in [0.4, 0.5) is 11.4 Å². The van der Waals surface area contributed by atoms with E-state index in [0.29, 0.717) is 54.9 Å². The van der Waals surface area contributed by atoms with Gasteiger partial charge in [-0.2, -0.15) is 0 Å². The predicted octanol–water partition coefficient (Wildman–Crippen LogP) is 4.04. The zero-order chi connectivity index (χ0) is 21.7. The van der Waals surface area contributed by atoms with Gasteiger partial charge in [0, 0.05) is 30.4 Å². The molecule has 1 aliphatic heterocycles. The second kappa shape index (κ2) is 9.52. The van der Waals surface area contributed by atoms with Crippen LogP contribution in [0.2, 0.25) is 0 Å². The highest BCUT2D eigenvalue weighted by molar-refractivity contribution is 6.05. The van der Waals surface area contributed by atoms with E-state index in [9.17, 15) is 9.59 Å². The van der Waals surface area contributed by atoms with Crippen molar-refractivity contribution >= 4 is 23.2 Å². The fraction of sp³-hybridized carbons (Fsp3) is 0.391. The minimum absolute atomic E-state index is 0.0202. The molecule has 0 bridgehead atoms. The van der Waals surface area contributed by atoms with Crippen LogP contribution in [-0.4, -0.2) is 38.2 Å². The number of carbonyl (C=O) groups excluding carboxylic acids is 2. The van der Waals surface area contributed by atoms with Gasteiger partial charge < -0.3 is 24.4 Å². The average Bonchev–Trinajstić information content (AvgIpc) is 3.14. The third kappa shape index (κ3) is 4.50. The number of ether oxygens (including phenoxy) is 3. The molecule has 0 atom stereocenters. The first-order chi connectivity index (χ1) is 14.5. The Morgan fingerprint density at radius 3 is 2.17 bits per heavy atom. The van der Waals surface area contributed by atoms with Gasteiger partial charge in [-0.05, 0) is 63.1 Å². The van der Waals surface area contributed by atoms with Crippen LogP contribution >= 0.6 is 0 Å². The van der Waals surface area contributed by atoms with Gasteiger partial charge in [0.15, 0.2) is 11.5 Å². The van der Waals surface area contributed by atoms with E-state index in [1.807, 2.05) is 32.9 Å². The van der Waals surface area contributed by atoms with E-state index in [1.54, 1.807) is 30.0 Å². The minimum atomic E-state index is -0.277. The van der Waals surface area contributed by atoms with E-state index >= 15 is 0 Å². The van der Waals surface area contributed by atoms with E-state index in [1.165, 1.54) is 0 Å². The summed E-state index contributed by atoms with van der Waals surface area (Å²) in [5.41, 5.74) is 3.03. The van der Waals surface area contributed by atoms with E-state index in [-0.39, 0.29) is 11.8 Å². The molecule has 3 rings (SSSR count). The Hall–Kier alpha value is -3.22. The van der Waals surface area contributed by atoms with Crippen molar-refractivity contribution in [2.45, 2.75) is 34.1 Å². The lowest BCUT2D eigenvalue weighted by Crippen LogP contribution is -2.25. The lowest BCUT2D eigenvalue weighted by molar-refractivity contribution is -0.116. The van der Waals surface area contributed by atoms with Crippen molar-refractivity contribution in [3.63, 3.8) is 0 Å². The number of nitrogens with one attached hydrogen (secondary N) is 1. The zero-order valence-electron chi connectivity index (χ0n) is 17.9. The van der Waals surface area contributed by atoms with Crippen LogP contribution < -0.4 is 24.4 Å². The summed E-state index contributed by atoms with van der Waals surface area (Å²) in [6.45, 7) is 9.18. The average molecular weight is 412 g/mol. The van der Waals surface area contributed by atoms with E-state index in [2.05, 4.69) is 5.32 Å². The third-order valence-corrected chi connectivity index (χ3v) is 4.78. The number of rotatable bonds is 8. The molecule has 0 radical (unpaired) electrons. The third-order valence-electron chi connectivity index (χ3n) is 4.78. The second-order valence-electron chi connectivity index (χ2n) is 6.82. The number of carbonyl (C=O) groups is 2. The van der Waals surface area contributed by atoms with Crippen LogP contribution in [0, 0.1) is 0 Å². The quantitative estimate of drug-likeness (QED) is 0.708. The van der Waals surface area contributed by atoms with Gasteiger partial charge in [0.2, 0.25) is 11.7 Å². The number of fused-ring (bicyclic) bond motifs is 1. The highest BCUT2D eigenvalue weighted by Gasteiger charge is 2.23. The van der Waals surface area contributed by atoms with Crippen LogP contribution in [0.15, 0.2) is 30.3 Å². The predicted molar refractivity (Wildman–Crippen MR) is 116 cm³/mol. The van der Waals surface area contributed by atoms with Crippen LogP contribution in [0.1, 0.15) is 43.6 Å². The molecule has 0 aliphatic carbocycles. The molecule has 0 saturated carbocycles. The first-order valence-corrected chi connectivity index (χ1v) is 10.3. The Morgan fingerprint density at radius 1 is 0.967 bits per heavy atom. The normalized spacial score (nSPS) is 12.3. The summed E-state index contributed by atoms with van der Waals surface area (Å²) < 4.78 is 17.1. The SMILES string of the molecule is CCOc1cc(C(=O)Nc2ccc3c(c2)CCN3C(C)=O)cc(OCC)c1OCC. The molecule has 7 heteroatoms. The molecule has 0 saturated heterocycles. The van der Waals surface area contributed by atoms with Crippen molar-refractivity contribution in [3.8, 4) is 17.2 Å². The zero-order valence-corrected chi connectivity index (χ0v) is 17.9. The number of benzene rings is 2. The standard InChI is InChI=1S/C23H28N2O5/c1-5-28-20-13-17(14-21(29-6-2)22(20)30-7-3)23(27)24-18-8-9-19-16(12-18)10-11-25(19)15(4)26/h8-9,12-14H,5-7,10-11H2,1-4H3,(H,24,27). The van der Waals surface area contributed by atoms with E-state index in [0.717, 1.165) is 17.7 Å². The number of anilines is 2. The molecule has 2 amide bonds. The number of nitrogens with zero attached hydrogens (tertiary/aromatic N) is 1. The molecule has 0 spiro atoms. The van der Waals surface area contributed by atoms with Gasteiger partial charge in [-0.25, -0.2) is 0 Å². The van der Waals surface area contributed by atoms with E-state index in [4.69, 9.17) is 14.2 Å². The molecular formula is C23H28N2O5. The molecule has 1 aliphatic rings. The highest BCUT2D eigenvalue weighted by atomic mass is 16.5. The molecule has 30 heavy (non-hydrogen) atoms. The summed E-state index contributed by atoms with van der Waals surface area (Å²) in [7, 11) is 0. The van der Waals surface area contributed by atoms with Gasteiger partial charge in [-0.3, -0.25) is 9.59 Å². The minimum Gasteiger partial charge on any atom is -0.490 e. The van der Waals surface area contributed by atoms with Gasteiger partial charge in [0.05, 0.1) is 19.8 Å². The smallest absolute Gasteiger partial charge is 0.255 e. The van der Waals surface area contributed by atoms with E-state index < -0.39 is 0 Å². The molecule has 160 valence electrons. The van der Waals surface area contributed by atoms with Crippen molar-refractivity contribution in [3.05, 3.63) is 41.5 Å². The molecule has 2 aromatic rings. The maximum atomic E-state index is 12.9. The molecule has 1 heterocycles. The van der Waals surface area contributed by atoms with Crippen LogP contribution in [-0.2, 0) is 11.2 Å². The van der Waals surface area contributed by atoms with Gasteiger partial charge in [0.1, 0.15) is 0 Å². The Bertz CT molecular complexity index is 914. The summed E-state index contributed by atoms with van der Waals surface area (Å²) in [6, 6.07) is 8.92. The summed E-state index contributed by atoms with van der Waals surface area (Å²) in [5.74, 6) is 1.19. The van der Waals surface area contributed by atoms with Crippen LogP contribution in [0.3, 0.4) is 0 Å². The number of hydrogen-bond donors (Lipinski definition) is 1. The van der Waals surface area contributed by atoms with Crippen molar-refractivity contribution in [1.29, 1.82) is 0 Å². The summed E-state index contributed by atoms with van der Waals surface area (Å²) in [5, 5.41) is 2.93. The van der Waals surface area contributed by atoms with Crippen molar-refractivity contribution < 1.29 is 23.8 Å². The summed E-state index contributed by atoms with van der Waals surface area (Å²) >= 11 is 0. The summed E-state index contributed by atoms with van der Waals surface area (Å²) in [4.78, 5) is 26.4. The maximum absolute atomic E-state index is 12.9. The Balaban J connectivity index is 1.87. The van der Waals surface area contributed by atoms with Gasteiger partial charge >= 0.3 is 0 Å². The lowest BCUT2D eigenvalue weighted by Gasteiger charge is -2.17. The molecule has 0 fully saturated rings. The molecule has 0 aromatic heterocycles. The highest BCUT2D eigenvalue weighted by Crippen LogP contribution is 2.39. The number of amides is 2. The topological polar surface area (TPSA) is 77.1 Å². The molecular weight excluding hydrogens is 384 g/mol. The molecule has 7 nitrogen and oxygen atoms in total. The largest absolute Gasteiger partial charge is 0.490 e. The lowest BCUT2D eigenvalue weighted by atomic mass is 10.1. The van der Waals surface area contributed by atoms with Crippen LogP contribution in [0.25, 0.3) is 0 Å². The van der Waals surface area contributed by atoms with Crippen molar-refractivity contribution in [1.82, 2.24) is 0 Å². The fourth-order valence-corrected chi connectivity index (χ4v) is 3.53.